The molecule has 0 saturated heterocycles. The fourth-order valence-corrected chi connectivity index (χ4v) is 2.25. The van der Waals surface area contributed by atoms with Gasteiger partial charge < -0.3 is 14.4 Å². The molecule has 9 heteroatoms. The summed E-state index contributed by atoms with van der Waals surface area (Å²) in [7, 11) is -4.89. The molecule has 0 fully saturated rings. The minimum absolute atomic E-state index is 0. The van der Waals surface area contributed by atoms with Crippen LogP contribution in [0.5, 0.6) is 0 Å². The van der Waals surface area contributed by atoms with Gasteiger partial charge in [0.15, 0.2) is 0 Å². The molecule has 1 N–H and O–H groups in total. The minimum Gasteiger partial charge on any atom is -0.726 e. The third kappa shape index (κ3) is 20.3. The average molecular weight is 362 g/mol. The predicted molar refractivity (Wildman–Crippen MR) is 79.6 cm³/mol. The second-order valence-corrected chi connectivity index (χ2v) is 6.27. The monoisotopic (exact) mass is 362 g/mol. The number of hydrogen-bond acceptors (Lipinski definition) is 7. The summed E-state index contributed by atoms with van der Waals surface area (Å²) in [5.74, 6) is -0.637. The summed E-state index contributed by atoms with van der Waals surface area (Å²) in [4.78, 5) is 11.3. The van der Waals surface area contributed by atoms with E-state index in [-0.39, 0.29) is 36.0 Å². The van der Waals surface area contributed by atoms with Crippen molar-refractivity contribution in [1.82, 2.24) is 0 Å². The third-order valence-electron chi connectivity index (χ3n) is 3.11. The third-order valence-corrected chi connectivity index (χ3v) is 3.53. The molecular formula is C14H27NaO7S. The van der Waals surface area contributed by atoms with Gasteiger partial charge in [0.1, 0.15) is 6.61 Å². The first-order valence-electron chi connectivity index (χ1n) is 7.83. The number of unbranched alkanes of at least 4 members (excludes halogenated alkanes) is 8. The van der Waals surface area contributed by atoms with Crippen LogP contribution in [0.25, 0.3) is 0 Å². The summed E-state index contributed by atoms with van der Waals surface area (Å²) in [5.41, 5.74) is 0. The molecule has 0 aliphatic rings. The Balaban J connectivity index is 0. The van der Waals surface area contributed by atoms with Gasteiger partial charge in [-0.25, -0.2) is 8.42 Å². The van der Waals surface area contributed by atoms with Crippen LogP contribution in [0.4, 0.5) is 0 Å². The molecule has 0 aromatic heterocycles. The maximum absolute atomic E-state index is 11.3. The molecule has 23 heavy (non-hydrogen) atoms. The number of rotatable bonds is 14. The van der Waals surface area contributed by atoms with Crippen molar-refractivity contribution in [2.45, 2.75) is 77.4 Å². The Labute approximate surface area is 161 Å². The molecule has 132 valence electrons. The number of carbonyl (C=O) groups excluding carboxylic acids is 1. The Bertz CT molecular complexity index is 387. The molecule has 0 aliphatic heterocycles. The van der Waals surface area contributed by atoms with Gasteiger partial charge in [0, 0.05) is 6.42 Å². The van der Waals surface area contributed by atoms with E-state index in [1.165, 1.54) is 32.1 Å². The first-order valence-corrected chi connectivity index (χ1v) is 9.16. The molecule has 0 aromatic carbocycles. The van der Waals surface area contributed by atoms with Crippen molar-refractivity contribution >= 4 is 16.4 Å². The van der Waals surface area contributed by atoms with E-state index in [4.69, 9.17) is 5.11 Å². The molecule has 1 unspecified atom stereocenters. The quantitative estimate of drug-likeness (QED) is 0.108. The zero-order valence-corrected chi connectivity index (χ0v) is 17.0. The molecular weight excluding hydrogens is 335 g/mol. The van der Waals surface area contributed by atoms with Crippen LogP contribution in [-0.2, 0) is 24.1 Å². The van der Waals surface area contributed by atoms with Crippen molar-refractivity contribution in [2.75, 3.05) is 6.61 Å². The van der Waals surface area contributed by atoms with Crippen molar-refractivity contribution in [3.63, 3.8) is 0 Å². The Morgan fingerprint density at radius 2 is 1.52 bits per heavy atom. The summed E-state index contributed by atoms with van der Waals surface area (Å²) in [6.07, 6.45) is 8.44. The van der Waals surface area contributed by atoms with Gasteiger partial charge in [-0.1, -0.05) is 58.3 Å². The number of carbonyl (C=O) groups is 1. The van der Waals surface area contributed by atoms with Crippen LogP contribution in [0, 0.1) is 0 Å². The van der Waals surface area contributed by atoms with E-state index in [1.807, 2.05) is 0 Å². The summed E-state index contributed by atoms with van der Waals surface area (Å²) in [6.45, 7) is 1.30. The van der Waals surface area contributed by atoms with Crippen LogP contribution in [0.15, 0.2) is 0 Å². The first-order chi connectivity index (χ1) is 10.3. The van der Waals surface area contributed by atoms with Gasteiger partial charge in [0.2, 0.25) is 16.7 Å². The van der Waals surface area contributed by atoms with Gasteiger partial charge >= 0.3 is 35.5 Å². The van der Waals surface area contributed by atoms with Crippen molar-refractivity contribution in [2.24, 2.45) is 0 Å². The zero-order valence-electron chi connectivity index (χ0n) is 14.2. The van der Waals surface area contributed by atoms with Gasteiger partial charge in [-0.15, -0.1) is 0 Å². The molecule has 0 rings (SSSR count). The predicted octanol–water partition coefficient (Wildman–Crippen LogP) is -0.750. The van der Waals surface area contributed by atoms with Crippen LogP contribution in [0.2, 0.25) is 0 Å². The average Bonchev–Trinajstić information content (AvgIpc) is 2.42. The van der Waals surface area contributed by atoms with Crippen molar-refractivity contribution in [1.29, 1.82) is 0 Å². The van der Waals surface area contributed by atoms with Gasteiger partial charge in [0.25, 0.3) is 0 Å². The van der Waals surface area contributed by atoms with E-state index in [1.54, 1.807) is 0 Å². The van der Waals surface area contributed by atoms with Gasteiger partial charge in [-0.2, -0.15) is 0 Å². The number of esters is 1. The van der Waals surface area contributed by atoms with Crippen LogP contribution < -0.4 is 29.6 Å². The van der Waals surface area contributed by atoms with E-state index < -0.39 is 29.3 Å². The molecule has 0 bridgehead atoms. The Morgan fingerprint density at radius 1 is 1.04 bits per heavy atom. The Hall–Kier alpha value is 0.300. The fraction of sp³-hybridized carbons (Fsp3) is 0.929. The molecule has 7 nitrogen and oxygen atoms in total. The van der Waals surface area contributed by atoms with E-state index in [2.05, 4.69) is 15.8 Å². The summed E-state index contributed by atoms with van der Waals surface area (Å²) >= 11 is 0. The van der Waals surface area contributed by atoms with Gasteiger partial charge in [-0.05, 0) is 6.42 Å². The van der Waals surface area contributed by atoms with Crippen molar-refractivity contribution in [3.05, 3.63) is 0 Å². The van der Waals surface area contributed by atoms with Crippen molar-refractivity contribution < 1.29 is 61.3 Å². The van der Waals surface area contributed by atoms with Crippen molar-refractivity contribution in [3.8, 4) is 0 Å². The molecule has 1 atom stereocenters. The van der Waals surface area contributed by atoms with Crippen LogP contribution >= 0.6 is 0 Å². The SMILES string of the molecule is CCCCCCCCCCCC(=O)OC(O)COS(=O)(=O)[O-].[Na+]. The molecule has 0 heterocycles. The van der Waals surface area contributed by atoms with Crippen LogP contribution in [0.3, 0.4) is 0 Å². The summed E-state index contributed by atoms with van der Waals surface area (Å²) < 4.78 is 38.7. The number of ether oxygens (including phenoxy) is 1. The molecule has 0 amide bonds. The number of aliphatic hydroxyl groups excluding tert-OH is 1. The van der Waals surface area contributed by atoms with E-state index in [0.29, 0.717) is 6.42 Å². The standard InChI is InChI=1S/C14H28O7S.Na/c1-2-3-4-5-6-7-8-9-10-11-13(15)21-14(16)12-20-22(17,18)19;/h14,16H,2-12H2,1H3,(H,17,18,19);/q;+1/p-1. The number of hydrogen-bond donors (Lipinski definition) is 1. The largest absolute Gasteiger partial charge is 1.00 e. The smallest absolute Gasteiger partial charge is 0.726 e. The Kier molecular flexibility index (Phi) is 17.6. The van der Waals surface area contributed by atoms with E-state index in [0.717, 1.165) is 19.3 Å². The fourth-order valence-electron chi connectivity index (χ4n) is 1.97. The molecule has 0 spiro atoms. The molecule has 0 radical (unpaired) electrons. The maximum atomic E-state index is 11.3. The Morgan fingerprint density at radius 3 is 2.00 bits per heavy atom. The molecule has 0 saturated carbocycles. The van der Waals surface area contributed by atoms with E-state index in [9.17, 15) is 17.8 Å². The second-order valence-electron chi connectivity index (χ2n) is 5.22. The topological polar surface area (TPSA) is 113 Å². The minimum atomic E-state index is -4.89. The van der Waals surface area contributed by atoms with Gasteiger partial charge in [-0.3, -0.25) is 8.98 Å². The van der Waals surface area contributed by atoms with Gasteiger partial charge in [0.05, 0.1) is 0 Å². The van der Waals surface area contributed by atoms with Crippen LogP contribution in [-0.4, -0.2) is 36.9 Å². The van der Waals surface area contributed by atoms with E-state index >= 15 is 0 Å². The second kappa shape index (κ2) is 15.8. The number of aliphatic hydroxyl groups is 1. The maximum Gasteiger partial charge on any atom is 1.00 e. The van der Waals surface area contributed by atoms with Crippen LogP contribution in [0.1, 0.15) is 71.1 Å². The first kappa shape index (κ1) is 25.5. The zero-order chi connectivity index (χ0) is 16.8. The molecule has 0 aromatic rings. The normalized spacial score (nSPS) is 12.5. The summed E-state index contributed by atoms with van der Waals surface area (Å²) in [5, 5.41) is 9.16. The molecule has 0 aliphatic carbocycles. The summed E-state index contributed by atoms with van der Waals surface area (Å²) in [6, 6.07) is 0.